The van der Waals surface area contributed by atoms with Gasteiger partial charge >= 0.3 is 0 Å². The van der Waals surface area contributed by atoms with Crippen molar-refractivity contribution in [1.82, 2.24) is 20.3 Å². The van der Waals surface area contributed by atoms with Crippen molar-refractivity contribution >= 4 is 40.1 Å². The number of furan rings is 1. The number of hydrogen-bond acceptors (Lipinski definition) is 6. The van der Waals surface area contributed by atoms with E-state index in [1.165, 1.54) is 22.8 Å². The zero-order valence-electron chi connectivity index (χ0n) is 21.3. The number of nitrogens with one attached hydrogen (secondary N) is 2. The lowest BCUT2D eigenvalue weighted by Crippen LogP contribution is -2.51. The number of hydrogen-bond donors (Lipinski definition) is 2. The minimum absolute atomic E-state index is 0.157. The number of amides is 3. The summed E-state index contributed by atoms with van der Waals surface area (Å²) in [5, 5.41) is 14.0. The lowest BCUT2D eigenvalue weighted by molar-refractivity contribution is -0.128. The van der Waals surface area contributed by atoms with Crippen molar-refractivity contribution in [3.8, 4) is 0 Å². The summed E-state index contributed by atoms with van der Waals surface area (Å²) in [6, 6.07) is 16.3. The van der Waals surface area contributed by atoms with E-state index in [1.807, 2.05) is 45.0 Å². The summed E-state index contributed by atoms with van der Waals surface area (Å²) < 4.78 is 7.16. The molecule has 2 aromatic heterocycles. The van der Waals surface area contributed by atoms with Crippen LogP contribution >= 0.6 is 0 Å². The van der Waals surface area contributed by atoms with Crippen LogP contribution in [0.1, 0.15) is 45.9 Å². The van der Waals surface area contributed by atoms with Crippen LogP contribution < -0.4 is 15.5 Å². The van der Waals surface area contributed by atoms with E-state index >= 15 is 0 Å². The Kier molecular flexibility index (Phi) is 7.37. The van der Waals surface area contributed by atoms with Crippen molar-refractivity contribution < 1.29 is 18.8 Å². The summed E-state index contributed by atoms with van der Waals surface area (Å²) in [5.74, 6) is -0.682. The van der Waals surface area contributed by atoms with Crippen LogP contribution in [0.3, 0.4) is 0 Å². The van der Waals surface area contributed by atoms with Gasteiger partial charge in [0.2, 0.25) is 11.8 Å². The fraction of sp³-hybridized carbons (Fsp3) is 0.296. The van der Waals surface area contributed by atoms with Crippen molar-refractivity contribution in [3.63, 3.8) is 0 Å². The van der Waals surface area contributed by atoms with Crippen LogP contribution in [0.4, 0.5) is 11.4 Å². The van der Waals surface area contributed by atoms with E-state index in [1.54, 1.807) is 36.4 Å². The SMILES string of the molecule is CCC(C)(C)NC(=O)C(c1ccco1)N(C(=O)Cn1nnc2ccccc21)c1ccc(NC(C)=O)cc1. The first-order chi connectivity index (χ1) is 17.7. The van der Waals surface area contributed by atoms with Gasteiger partial charge in [-0.15, -0.1) is 5.10 Å². The molecule has 2 heterocycles. The van der Waals surface area contributed by atoms with Crippen LogP contribution in [0.25, 0.3) is 11.0 Å². The van der Waals surface area contributed by atoms with E-state index in [-0.39, 0.29) is 18.4 Å². The summed E-state index contributed by atoms with van der Waals surface area (Å²) in [6.45, 7) is 7.07. The molecule has 0 radical (unpaired) electrons. The first-order valence-corrected chi connectivity index (χ1v) is 12.0. The van der Waals surface area contributed by atoms with E-state index in [0.717, 1.165) is 0 Å². The molecule has 4 rings (SSSR count). The third kappa shape index (κ3) is 5.85. The molecule has 10 heteroatoms. The number of carbonyl (C=O) groups is 3. The van der Waals surface area contributed by atoms with E-state index in [2.05, 4.69) is 20.9 Å². The molecule has 1 unspecified atom stereocenters. The number of carbonyl (C=O) groups excluding carboxylic acids is 3. The van der Waals surface area contributed by atoms with Gasteiger partial charge in [0.25, 0.3) is 5.91 Å². The summed E-state index contributed by atoms with van der Waals surface area (Å²) >= 11 is 0. The Morgan fingerprint density at radius 2 is 1.78 bits per heavy atom. The standard InChI is InChI=1S/C27H30N6O4/c1-5-27(3,4)29-26(36)25(23-11-8-16-37-23)33(20-14-12-19(13-15-20)28-18(2)34)24(35)17-32-22-10-7-6-9-21(22)30-31-32/h6-16,25H,5,17H2,1-4H3,(H,28,34)(H,29,36). The Morgan fingerprint density at radius 1 is 1.05 bits per heavy atom. The number of anilines is 2. The third-order valence-electron chi connectivity index (χ3n) is 6.10. The average molecular weight is 503 g/mol. The second-order valence-corrected chi connectivity index (χ2v) is 9.37. The molecule has 0 spiro atoms. The highest BCUT2D eigenvalue weighted by Gasteiger charge is 2.37. The van der Waals surface area contributed by atoms with Crippen molar-refractivity contribution in [2.75, 3.05) is 10.2 Å². The predicted octanol–water partition coefficient (Wildman–Crippen LogP) is 4.06. The van der Waals surface area contributed by atoms with Crippen LogP contribution in [0.2, 0.25) is 0 Å². The first-order valence-electron chi connectivity index (χ1n) is 12.0. The van der Waals surface area contributed by atoms with Gasteiger partial charge in [-0.25, -0.2) is 4.68 Å². The maximum Gasteiger partial charge on any atom is 0.251 e. The molecule has 0 saturated heterocycles. The second-order valence-electron chi connectivity index (χ2n) is 9.37. The molecule has 0 aliphatic rings. The van der Waals surface area contributed by atoms with Gasteiger partial charge in [-0.2, -0.15) is 0 Å². The van der Waals surface area contributed by atoms with Crippen molar-refractivity contribution in [2.24, 2.45) is 0 Å². The Balaban J connectivity index is 1.77. The largest absolute Gasteiger partial charge is 0.467 e. The van der Waals surface area contributed by atoms with Crippen LogP contribution in [0, 0.1) is 0 Å². The second kappa shape index (κ2) is 10.7. The number of rotatable bonds is 9. The molecule has 10 nitrogen and oxygen atoms in total. The molecular weight excluding hydrogens is 472 g/mol. The van der Waals surface area contributed by atoms with E-state index in [4.69, 9.17) is 4.42 Å². The molecular formula is C27H30N6O4. The van der Waals surface area contributed by atoms with Crippen molar-refractivity contribution in [2.45, 2.75) is 52.2 Å². The van der Waals surface area contributed by atoms with Crippen molar-refractivity contribution in [1.29, 1.82) is 0 Å². The molecule has 0 saturated carbocycles. The molecule has 192 valence electrons. The Bertz CT molecular complexity index is 1390. The highest BCUT2D eigenvalue weighted by atomic mass is 16.3. The lowest BCUT2D eigenvalue weighted by Gasteiger charge is -2.33. The quantitative estimate of drug-likeness (QED) is 0.356. The van der Waals surface area contributed by atoms with Gasteiger partial charge in [0, 0.05) is 23.8 Å². The van der Waals surface area contributed by atoms with Crippen LogP contribution in [-0.2, 0) is 20.9 Å². The number of benzene rings is 2. The van der Waals surface area contributed by atoms with Gasteiger partial charge in [0.05, 0.1) is 11.8 Å². The Hall–Kier alpha value is -4.47. The normalized spacial score (nSPS) is 12.2. The van der Waals surface area contributed by atoms with Crippen molar-refractivity contribution in [3.05, 3.63) is 72.7 Å². The topological polar surface area (TPSA) is 122 Å². The Labute approximate surface area is 214 Å². The first kappa shape index (κ1) is 25.6. The summed E-state index contributed by atoms with van der Waals surface area (Å²) in [6.07, 6.45) is 2.15. The average Bonchev–Trinajstić information content (AvgIpc) is 3.53. The molecule has 0 fully saturated rings. The molecule has 4 aromatic rings. The minimum Gasteiger partial charge on any atom is -0.467 e. The highest BCUT2D eigenvalue weighted by molar-refractivity contribution is 6.01. The van der Waals surface area contributed by atoms with Crippen LogP contribution in [0.15, 0.2) is 71.3 Å². The van der Waals surface area contributed by atoms with E-state index < -0.39 is 17.5 Å². The monoisotopic (exact) mass is 502 g/mol. The fourth-order valence-corrected chi connectivity index (χ4v) is 3.89. The zero-order valence-corrected chi connectivity index (χ0v) is 21.3. The van der Waals surface area contributed by atoms with Gasteiger partial charge < -0.3 is 15.1 Å². The number of para-hydroxylation sites is 1. The molecule has 2 aromatic carbocycles. The maximum absolute atomic E-state index is 13.9. The van der Waals surface area contributed by atoms with E-state index in [9.17, 15) is 14.4 Å². The minimum atomic E-state index is -1.09. The zero-order chi connectivity index (χ0) is 26.6. The number of nitrogens with zero attached hydrogens (tertiary/aromatic N) is 4. The molecule has 0 bridgehead atoms. The number of fused-ring (bicyclic) bond motifs is 1. The number of aromatic nitrogens is 3. The Morgan fingerprint density at radius 3 is 2.43 bits per heavy atom. The predicted molar refractivity (Wildman–Crippen MR) is 140 cm³/mol. The molecule has 0 aliphatic heterocycles. The van der Waals surface area contributed by atoms with Gasteiger partial charge in [0.15, 0.2) is 6.04 Å². The van der Waals surface area contributed by atoms with Crippen LogP contribution in [-0.4, -0.2) is 38.3 Å². The van der Waals surface area contributed by atoms with Crippen LogP contribution in [0.5, 0.6) is 0 Å². The molecule has 0 aliphatic carbocycles. The molecule has 3 amide bonds. The summed E-state index contributed by atoms with van der Waals surface area (Å²) in [5.41, 5.74) is 1.87. The van der Waals surface area contributed by atoms with E-state index in [0.29, 0.717) is 34.6 Å². The van der Waals surface area contributed by atoms with Gasteiger partial charge in [0.1, 0.15) is 17.8 Å². The smallest absolute Gasteiger partial charge is 0.251 e. The van der Waals surface area contributed by atoms with Gasteiger partial charge in [-0.05, 0) is 68.8 Å². The third-order valence-corrected chi connectivity index (χ3v) is 6.10. The van der Waals surface area contributed by atoms with Gasteiger partial charge in [-0.3, -0.25) is 19.3 Å². The van der Waals surface area contributed by atoms with Gasteiger partial charge in [-0.1, -0.05) is 24.3 Å². The summed E-state index contributed by atoms with van der Waals surface area (Å²) in [4.78, 5) is 40.5. The lowest BCUT2D eigenvalue weighted by atomic mass is 10.0. The summed E-state index contributed by atoms with van der Waals surface area (Å²) in [7, 11) is 0. The molecule has 37 heavy (non-hydrogen) atoms. The maximum atomic E-state index is 13.9. The molecule has 2 N–H and O–H groups in total. The highest BCUT2D eigenvalue weighted by Crippen LogP contribution is 2.31. The fourth-order valence-electron chi connectivity index (χ4n) is 3.89. The molecule has 1 atom stereocenters.